The summed E-state index contributed by atoms with van der Waals surface area (Å²) in [5.74, 6) is 6.04. The summed E-state index contributed by atoms with van der Waals surface area (Å²) < 4.78 is 11.1. The predicted molar refractivity (Wildman–Crippen MR) is 165 cm³/mol. The Morgan fingerprint density at radius 2 is 0.744 bits per heavy atom. The largest absolute Gasteiger partial charge is 2.00 e. The van der Waals surface area contributed by atoms with Crippen LogP contribution in [0.4, 0.5) is 0 Å². The monoisotopic (exact) mass is 644 g/mol. The first-order valence-corrected chi connectivity index (χ1v) is 16.0. The standard InChI is InChI=1S/2C16H15NOP.Pd/c2*1-3-7-14(8-4-1)19(13-16-17-11-12-18-16)15-9-5-2-6-10-15;/h2*1-10,13H,11-12H2;/q2*-1;+2/p+2/b2*16-13+;. The molecular formula is C32H32N2O2P2Pd+2. The van der Waals surface area contributed by atoms with Gasteiger partial charge in [-0.25, -0.2) is 0 Å². The van der Waals surface area contributed by atoms with Gasteiger partial charge in [0.15, 0.2) is 0 Å². The number of rotatable bonds is 6. The van der Waals surface area contributed by atoms with Gasteiger partial charge in [0.05, 0.1) is 52.5 Å². The first-order valence-electron chi connectivity index (χ1n) is 12.9. The first kappa shape index (κ1) is 29.1. The van der Waals surface area contributed by atoms with Crippen LogP contribution in [-0.4, -0.2) is 26.3 Å². The van der Waals surface area contributed by atoms with E-state index in [0.717, 1.165) is 24.9 Å². The van der Waals surface area contributed by atoms with Crippen molar-refractivity contribution in [2.45, 2.75) is 0 Å². The fraction of sp³-hybridized carbons (Fsp3) is 0.125. The summed E-state index contributed by atoms with van der Waals surface area (Å²) in [5, 5.41) is 14.2. The molecule has 0 N–H and O–H groups in total. The molecule has 0 radical (unpaired) electrons. The minimum absolute atomic E-state index is 0. The van der Waals surface area contributed by atoms with E-state index in [2.05, 4.69) is 144 Å². The zero-order valence-corrected chi connectivity index (χ0v) is 25.1. The molecule has 200 valence electrons. The summed E-state index contributed by atoms with van der Waals surface area (Å²) in [4.78, 5) is 0. The third kappa shape index (κ3) is 8.53. The zero-order valence-electron chi connectivity index (χ0n) is 21.6. The second-order valence-electron chi connectivity index (χ2n) is 8.72. The molecule has 2 aliphatic heterocycles. The van der Waals surface area contributed by atoms with Crippen LogP contribution < -0.4 is 21.2 Å². The van der Waals surface area contributed by atoms with Crippen LogP contribution in [0.25, 0.3) is 10.6 Å². The van der Waals surface area contributed by atoms with E-state index in [1.807, 2.05) is 0 Å². The normalized spacial score (nSPS) is 15.9. The van der Waals surface area contributed by atoms with Gasteiger partial charge in [-0.2, -0.15) is 0 Å². The zero-order chi connectivity index (χ0) is 25.8. The molecule has 2 fully saturated rings. The summed E-state index contributed by atoms with van der Waals surface area (Å²) in [7, 11) is -1.93. The van der Waals surface area contributed by atoms with Gasteiger partial charge in [-0.3, -0.25) is 0 Å². The van der Waals surface area contributed by atoms with Crippen molar-refractivity contribution in [3.63, 3.8) is 0 Å². The molecule has 7 heteroatoms. The molecule has 0 unspecified atom stereocenters. The molecule has 0 atom stereocenters. The van der Waals surface area contributed by atoms with Crippen LogP contribution in [0.3, 0.4) is 0 Å². The molecule has 2 heterocycles. The van der Waals surface area contributed by atoms with Crippen molar-refractivity contribution < 1.29 is 29.9 Å². The van der Waals surface area contributed by atoms with Crippen molar-refractivity contribution in [3.05, 3.63) is 155 Å². The van der Waals surface area contributed by atoms with Crippen LogP contribution in [0.1, 0.15) is 0 Å². The van der Waals surface area contributed by atoms with Gasteiger partial charge in [0.25, 0.3) is 0 Å². The third-order valence-electron chi connectivity index (χ3n) is 6.09. The average Bonchev–Trinajstić information content (AvgIpc) is 3.72. The molecule has 4 aromatic carbocycles. The SMILES string of the molecule is C(=C1/[N-]CCO1)/[PH+](c1ccccc1)c1ccccc1.C(=C1/[N-]CCO1)/[PH+](c1ccccc1)c1ccccc1.[Pd+2]. The maximum absolute atomic E-state index is 5.55. The molecule has 0 spiro atoms. The maximum atomic E-state index is 5.55. The molecule has 0 aliphatic carbocycles. The number of benzene rings is 4. The minimum atomic E-state index is -0.964. The summed E-state index contributed by atoms with van der Waals surface area (Å²) >= 11 is 0. The van der Waals surface area contributed by atoms with Crippen LogP contribution in [0.2, 0.25) is 0 Å². The average molecular weight is 645 g/mol. The molecule has 6 rings (SSSR count). The molecule has 0 aromatic heterocycles. The maximum Gasteiger partial charge on any atom is 2.00 e. The van der Waals surface area contributed by atoms with Crippen LogP contribution in [0, 0.1) is 0 Å². The molecule has 0 amide bonds. The summed E-state index contributed by atoms with van der Waals surface area (Å²) in [6, 6.07) is 42.4. The van der Waals surface area contributed by atoms with Crippen molar-refractivity contribution in [2.24, 2.45) is 0 Å². The Labute approximate surface area is 247 Å². The molecular weight excluding hydrogens is 613 g/mol. The van der Waals surface area contributed by atoms with Gasteiger partial charge in [0.2, 0.25) is 0 Å². The van der Waals surface area contributed by atoms with E-state index >= 15 is 0 Å². The van der Waals surface area contributed by atoms with E-state index in [9.17, 15) is 0 Å². The van der Waals surface area contributed by atoms with Gasteiger partial charge in [-0.05, 0) is 48.5 Å². The number of nitrogens with zero attached hydrogens (tertiary/aromatic N) is 2. The van der Waals surface area contributed by atoms with Crippen molar-refractivity contribution in [3.8, 4) is 0 Å². The summed E-state index contributed by atoms with van der Waals surface area (Å²) in [6.45, 7) is 2.99. The second-order valence-corrected chi connectivity index (χ2v) is 13.3. The van der Waals surface area contributed by atoms with Gasteiger partial charge >= 0.3 is 20.4 Å². The van der Waals surface area contributed by atoms with Crippen molar-refractivity contribution >= 4 is 37.1 Å². The molecule has 4 nitrogen and oxygen atoms in total. The molecule has 2 aliphatic rings. The quantitative estimate of drug-likeness (QED) is 0.188. The third-order valence-corrected chi connectivity index (χ3v) is 11.0. The molecule has 2 saturated heterocycles. The topological polar surface area (TPSA) is 46.7 Å². The van der Waals surface area contributed by atoms with E-state index in [-0.39, 0.29) is 20.4 Å². The number of ether oxygens (including phenoxy) is 2. The molecule has 39 heavy (non-hydrogen) atoms. The van der Waals surface area contributed by atoms with Gasteiger partial charge < -0.3 is 20.1 Å². The van der Waals surface area contributed by atoms with Crippen LogP contribution >= 0.6 is 15.8 Å². The minimum Gasteiger partial charge on any atom is -0.648 e. The Kier molecular flexibility index (Phi) is 11.6. The predicted octanol–water partition coefficient (Wildman–Crippen LogP) is 6.11. The van der Waals surface area contributed by atoms with Gasteiger partial charge in [0.1, 0.15) is 21.2 Å². The number of hydrogen-bond donors (Lipinski definition) is 0. The molecule has 4 aromatic rings. The smallest absolute Gasteiger partial charge is 0.648 e. The van der Waals surface area contributed by atoms with Crippen LogP contribution in [0.15, 0.2) is 145 Å². The summed E-state index contributed by atoms with van der Waals surface area (Å²) in [6.07, 6.45) is 0. The Morgan fingerprint density at radius 1 is 0.462 bits per heavy atom. The van der Waals surface area contributed by atoms with E-state index in [4.69, 9.17) is 9.47 Å². The van der Waals surface area contributed by atoms with E-state index < -0.39 is 15.8 Å². The van der Waals surface area contributed by atoms with Crippen LogP contribution in [0.5, 0.6) is 0 Å². The Balaban J connectivity index is 0.000000176. The van der Waals surface area contributed by atoms with Crippen molar-refractivity contribution in [1.82, 2.24) is 0 Å². The van der Waals surface area contributed by atoms with Gasteiger partial charge in [-0.15, -0.1) is 0 Å². The summed E-state index contributed by atoms with van der Waals surface area (Å²) in [5.41, 5.74) is 0. The van der Waals surface area contributed by atoms with E-state index in [0.29, 0.717) is 13.2 Å². The second kappa shape index (κ2) is 15.6. The Bertz CT molecular complexity index is 1120. The fourth-order valence-corrected chi connectivity index (χ4v) is 8.65. The fourth-order valence-electron chi connectivity index (χ4n) is 4.26. The van der Waals surface area contributed by atoms with Gasteiger partial charge in [0, 0.05) is 0 Å². The molecule has 0 bridgehead atoms. The Morgan fingerprint density at radius 3 is 0.974 bits per heavy atom. The number of hydrogen-bond acceptors (Lipinski definition) is 2. The van der Waals surface area contributed by atoms with Crippen molar-refractivity contribution in [2.75, 3.05) is 26.3 Å². The van der Waals surface area contributed by atoms with Gasteiger partial charge in [-0.1, -0.05) is 85.9 Å². The molecule has 0 saturated carbocycles. The van der Waals surface area contributed by atoms with E-state index in [1.54, 1.807) is 0 Å². The van der Waals surface area contributed by atoms with Crippen LogP contribution in [-0.2, 0) is 29.9 Å². The Hall–Kier alpha value is -2.92. The first-order chi connectivity index (χ1) is 18.9. The van der Waals surface area contributed by atoms with Crippen molar-refractivity contribution in [1.29, 1.82) is 0 Å². The van der Waals surface area contributed by atoms with E-state index in [1.165, 1.54) is 21.2 Å².